The lowest BCUT2D eigenvalue weighted by Gasteiger charge is -2.08. The van der Waals surface area contributed by atoms with Crippen LogP contribution in [0.25, 0.3) is 11.2 Å². The summed E-state index contributed by atoms with van der Waals surface area (Å²) < 4.78 is 4.23. The minimum Gasteiger partial charge on any atom is -0.325 e. The molecule has 0 radical (unpaired) electrons. The first-order valence-electron chi connectivity index (χ1n) is 8.99. The molecule has 8 nitrogen and oxygen atoms in total. The Morgan fingerprint density at radius 3 is 2.64 bits per heavy atom. The molecular weight excluding hydrogens is 378 g/mol. The van der Waals surface area contributed by atoms with Crippen LogP contribution in [-0.2, 0) is 25.4 Å². The average molecular weight is 401 g/mol. The molecule has 0 aliphatic heterocycles. The minimum atomic E-state index is -0.424. The van der Waals surface area contributed by atoms with E-state index < -0.39 is 5.69 Å². The molecule has 28 heavy (non-hydrogen) atoms. The highest BCUT2D eigenvalue weighted by Gasteiger charge is 2.19. The van der Waals surface area contributed by atoms with Crippen molar-refractivity contribution in [2.75, 3.05) is 11.1 Å². The molecule has 0 atom stereocenters. The van der Waals surface area contributed by atoms with Crippen LogP contribution in [-0.4, -0.2) is 30.3 Å². The number of aryl methyl sites for hydroxylation is 3. The number of benzene rings is 1. The molecule has 1 aromatic carbocycles. The van der Waals surface area contributed by atoms with E-state index in [1.165, 1.54) is 23.4 Å². The summed E-state index contributed by atoms with van der Waals surface area (Å²) in [4.78, 5) is 41.6. The second-order valence-electron chi connectivity index (χ2n) is 6.63. The first-order chi connectivity index (χ1) is 13.3. The number of rotatable bonds is 6. The Balaban J connectivity index is 1.90. The Hall–Kier alpha value is -2.81. The van der Waals surface area contributed by atoms with Gasteiger partial charge in [0.15, 0.2) is 16.3 Å². The highest BCUT2D eigenvalue weighted by atomic mass is 32.2. The predicted octanol–water partition coefficient (Wildman–Crippen LogP) is 1.88. The number of nitrogens with one attached hydrogen (secondary N) is 1. The Morgan fingerprint density at radius 2 is 1.96 bits per heavy atom. The predicted molar refractivity (Wildman–Crippen MR) is 111 cm³/mol. The topological polar surface area (TPSA) is 90.9 Å². The van der Waals surface area contributed by atoms with Crippen molar-refractivity contribution < 1.29 is 4.79 Å². The molecule has 0 unspecified atom stereocenters. The molecule has 148 valence electrons. The fourth-order valence-electron chi connectivity index (χ4n) is 3.02. The summed E-state index contributed by atoms with van der Waals surface area (Å²) in [5.74, 6) is -0.0117. The number of carbonyl (C=O) groups excluding carboxylic acids is 1. The lowest BCUT2D eigenvalue weighted by Crippen LogP contribution is -2.37. The highest BCUT2D eigenvalue weighted by molar-refractivity contribution is 7.99. The van der Waals surface area contributed by atoms with Crippen molar-refractivity contribution in [2.24, 2.45) is 14.1 Å². The second kappa shape index (κ2) is 8.05. The summed E-state index contributed by atoms with van der Waals surface area (Å²) >= 11 is 1.25. The van der Waals surface area contributed by atoms with Crippen LogP contribution in [0, 0.1) is 6.92 Å². The molecule has 1 amide bonds. The molecule has 3 rings (SSSR count). The molecule has 3 aromatic rings. The largest absolute Gasteiger partial charge is 0.332 e. The maximum absolute atomic E-state index is 12.6. The molecule has 2 aromatic heterocycles. The van der Waals surface area contributed by atoms with Gasteiger partial charge in [0.25, 0.3) is 5.56 Å². The van der Waals surface area contributed by atoms with E-state index in [0.29, 0.717) is 22.9 Å². The molecule has 0 fully saturated rings. The maximum atomic E-state index is 12.6. The summed E-state index contributed by atoms with van der Waals surface area (Å²) in [6, 6.07) is 7.58. The lowest BCUT2D eigenvalue weighted by atomic mass is 10.2. The summed E-state index contributed by atoms with van der Waals surface area (Å²) in [5, 5.41) is 3.41. The van der Waals surface area contributed by atoms with Gasteiger partial charge in [-0.15, -0.1) is 0 Å². The first kappa shape index (κ1) is 19.9. The van der Waals surface area contributed by atoms with E-state index in [1.54, 1.807) is 11.6 Å². The van der Waals surface area contributed by atoms with Gasteiger partial charge in [0.1, 0.15) is 0 Å². The number of anilines is 1. The van der Waals surface area contributed by atoms with Crippen molar-refractivity contribution in [3.8, 4) is 0 Å². The zero-order chi connectivity index (χ0) is 20.4. The zero-order valence-corrected chi connectivity index (χ0v) is 17.2. The van der Waals surface area contributed by atoms with E-state index in [9.17, 15) is 14.4 Å². The van der Waals surface area contributed by atoms with Gasteiger partial charge in [0.2, 0.25) is 5.91 Å². The Morgan fingerprint density at radius 1 is 1.21 bits per heavy atom. The van der Waals surface area contributed by atoms with Gasteiger partial charge < -0.3 is 9.88 Å². The van der Waals surface area contributed by atoms with Gasteiger partial charge in [-0.2, -0.15) is 0 Å². The molecule has 9 heteroatoms. The molecule has 0 spiro atoms. The highest BCUT2D eigenvalue weighted by Crippen LogP contribution is 2.22. The monoisotopic (exact) mass is 401 g/mol. The van der Waals surface area contributed by atoms with Gasteiger partial charge in [-0.05, 0) is 31.0 Å². The fourth-order valence-corrected chi connectivity index (χ4v) is 3.84. The second-order valence-corrected chi connectivity index (χ2v) is 7.57. The smallest absolute Gasteiger partial charge is 0.325 e. The normalized spacial score (nSPS) is 11.1. The van der Waals surface area contributed by atoms with E-state index in [0.717, 1.165) is 22.2 Å². The number of carbonyl (C=O) groups is 1. The molecule has 0 bridgehead atoms. The minimum absolute atomic E-state index is 0.148. The van der Waals surface area contributed by atoms with Crippen LogP contribution < -0.4 is 16.6 Å². The first-order valence-corrected chi connectivity index (χ1v) is 9.97. The number of amides is 1. The SMILES string of the molecule is CCCn1c(SCC(=O)Nc2cccc(C)c2)nc2c1c(=O)n(C)c(=O)n2C. The average Bonchev–Trinajstić information content (AvgIpc) is 3.02. The van der Waals surface area contributed by atoms with Gasteiger partial charge in [-0.25, -0.2) is 9.78 Å². The Labute approximate surface area is 166 Å². The van der Waals surface area contributed by atoms with Crippen LogP contribution in [0.2, 0.25) is 0 Å². The number of nitrogens with zero attached hydrogens (tertiary/aromatic N) is 4. The molecule has 0 aliphatic carbocycles. The Kier molecular flexibility index (Phi) is 5.73. The third-order valence-corrected chi connectivity index (χ3v) is 5.37. The number of aromatic nitrogens is 4. The van der Waals surface area contributed by atoms with Gasteiger partial charge in [-0.3, -0.25) is 18.7 Å². The molecule has 1 N–H and O–H groups in total. The number of thioether (sulfide) groups is 1. The quantitative estimate of drug-likeness (QED) is 0.637. The molecule has 0 saturated heterocycles. The fraction of sp³-hybridized carbons (Fsp3) is 0.368. The van der Waals surface area contributed by atoms with Crippen molar-refractivity contribution >= 4 is 34.5 Å². The lowest BCUT2D eigenvalue weighted by molar-refractivity contribution is -0.113. The maximum Gasteiger partial charge on any atom is 0.332 e. The third-order valence-electron chi connectivity index (χ3n) is 4.39. The van der Waals surface area contributed by atoms with Gasteiger partial charge >= 0.3 is 5.69 Å². The van der Waals surface area contributed by atoms with Crippen LogP contribution in [0.15, 0.2) is 39.0 Å². The molecule has 0 saturated carbocycles. The van der Waals surface area contributed by atoms with E-state index >= 15 is 0 Å². The van der Waals surface area contributed by atoms with Crippen LogP contribution in [0.1, 0.15) is 18.9 Å². The molecule has 0 aliphatic rings. The van der Waals surface area contributed by atoms with Crippen molar-refractivity contribution in [1.82, 2.24) is 18.7 Å². The van der Waals surface area contributed by atoms with Gasteiger partial charge in [0.05, 0.1) is 5.75 Å². The van der Waals surface area contributed by atoms with Gasteiger partial charge in [-0.1, -0.05) is 30.8 Å². The van der Waals surface area contributed by atoms with Crippen molar-refractivity contribution in [3.05, 3.63) is 50.7 Å². The molecule has 2 heterocycles. The van der Waals surface area contributed by atoms with E-state index in [4.69, 9.17) is 0 Å². The van der Waals surface area contributed by atoms with Crippen molar-refractivity contribution in [3.63, 3.8) is 0 Å². The van der Waals surface area contributed by atoms with E-state index in [-0.39, 0.29) is 17.2 Å². The van der Waals surface area contributed by atoms with Crippen LogP contribution >= 0.6 is 11.8 Å². The van der Waals surface area contributed by atoms with E-state index in [1.807, 2.05) is 38.1 Å². The van der Waals surface area contributed by atoms with Gasteiger partial charge in [0, 0.05) is 26.3 Å². The van der Waals surface area contributed by atoms with E-state index in [2.05, 4.69) is 10.3 Å². The van der Waals surface area contributed by atoms with Crippen LogP contribution in [0.3, 0.4) is 0 Å². The van der Waals surface area contributed by atoms with Crippen LogP contribution in [0.5, 0.6) is 0 Å². The Bertz CT molecular complexity index is 1160. The third kappa shape index (κ3) is 3.75. The summed E-state index contributed by atoms with van der Waals surface area (Å²) in [7, 11) is 3.04. The van der Waals surface area contributed by atoms with Crippen molar-refractivity contribution in [2.45, 2.75) is 32.0 Å². The summed E-state index contributed by atoms with van der Waals surface area (Å²) in [6.07, 6.45) is 0.792. The number of hydrogen-bond donors (Lipinski definition) is 1. The zero-order valence-electron chi connectivity index (χ0n) is 16.4. The number of hydrogen-bond acceptors (Lipinski definition) is 5. The number of imidazole rings is 1. The summed E-state index contributed by atoms with van der Waals surface area (Å²) in [6.45, 7) is 4.53. The number of fused-ring (bicyclic) bond motifs is 1. The van der Waals surface area contributed by atoms with Crippen molar-refractivity contribution in [1.29, 1.82) is 0 Å². The van der Waals surface area contributed by atoms with Crippen LogP contribution in [0.4, 0.5) is 5.69 Å². The summed E-state index contributed by atoms with van der Waals surface area (Å²) in [5.41, 5.74) is 1.72. The molecular formula is C19H23N5O3S. The standard InChI is InChI=1S/C19H23N5O3S/c1-5-9-24-15-16(22(3)19(27)23(4)17(15)26)21-18(24)28-11-14(25)20-13-8-6-7-12(2)10-13/h6-8,10H,5,9,11H2,1-4H3,(H,20,25).